The van der Waals surface area contributed by atoms with E-state index in [-0.39, 0.29) is 5.70 Å². The second kappa shape index (κ2) is 7.74. The Morgan fingerprint density at radius 1 is 1.04 bits per heavy atom. The molecule has 1 N–H and O–H groups in total. The van der Waals surface area contributed by atoms with Crippen LogP contribution in [-0.2, 0) is 19.1 Å². The van der Waals surface area contributed by atoms with Crippen molar-refractivity contribution in [2.24, 2.45) is 0 Å². The number of ether oxygens (including phenoxy) is 2. The number of carbonyl (C=O) groups excluding carboxylic acids is 2. The number of pyridine rings is 1. The van der Waals surface area contributed by atoms with Gasteiger partial charge < -0.3 is 14.8 Å². The van der Waals surface area contributed by atoms with Crippen LogP contribution in [0.25, 0.3) is 11.3 Å². The molecule has 1 aromatic carbocycles. The van der Waals surface area contributed by atoms with Crippen molar-refractivity contribution >= 4 is 17.6 Å². The van der Waals surface area contributed by atoms with Gasteiger partial charge in [0.2, 0.25) is 0 Å². The van der Waals surface area contributed by atoms with Crippen molar-refractivity contribution in [3.05, 3.63) is 60.4 Å². The van der Waals surface area contributed by atoms with E-state index in [0.29, 0.717) is 5.69 Å². The molecular formula is C17H16N2O4. The van der Waals surface area contributed by atoms with E-state index in [4.69, 9.17) is 0 Å². The Bertz CT molecular complexity index is 709. The number of hydrogen-bond acceptors (Lipinski definition) is 6. The van der Waals surface area contributed by atoms with Crippen molar-refractivity contribution in [2.75, 3.05) is 19.5 Å². The number of rotatable bonds is 5. The minimum atomic E-state index is -0.663. The van der Waals surface area contributed by atoms with Crippen LogP contribution in [0.3, 0.4) is 0 Å². The molecule has 6 heteroatoms. The first kappa shape index (κ1) is 16.2. The summed E-state index contributed by atoms with van der Waals surface area (Å²) < 4.78 is 9.15. The van der Waals surface area contributed by atoms with Gasteiger partial charge in [-0.2, -0.15) is 0 Å². The third-order valence-electron chi connectivity index (χ3n) is 2.99. The molecule has 0 unspecified atom stereocenters. The van der Waals surface area contributed by atoms with Crippen molar-refractivity contribution in [3.8, 4) is 11.3 Å². The number of aromatic nitrogens is 1. The van der Waals surface area contributed by atoms with Gasteiger partial charge in [-0.1, -0.05) is 18.2 Å². The fraction of sp³-hybridized carbons (Fsp3) is 0.118. The highest BCUT2D eigenvalue weighted by molar-refractivity contribution is 5.98. The highest BCUT2D eigenvalue weighted by atomic mass is 16.5. The van der Waals surface area contributed by atoms with Gasteiger partial charge in [-0.05, 0) is 24.3 Å². The number of hydrogen-bond donors (Lipinski definition) is 1. The average Bonchev–Trinajstić information content (AvgIpc) is 2.61. The number of esters is 2. The lowest BCUT2D eigenvalue weighted by Gasteiger charge is -2.09. The van der Waals surface area contributed by atoms with Crippen LogP contribution in [0.4, 0.5) is 5.69 Å². The zero-order chi connectivity index (χ0) is 16.7. The molecule has 1 aromatic heterocycles. The number of nitrogens with one attached hydrogen (secondary N) is 1. The monoisotopic (exact) mass is 312 g/mol. The molecule has 1 heterocycles. The van der Waals surface area contributed by atoms with Gasteiger partial charge in [-0.25, -0.2) is 9.59 Å². The normalized spacial score (nSPS) is 10.8. The van der Waals surface area contributed by atoms with Gasteiger partial charge in [0, 0.05) is 17.4 Å². The lowest BCUT2D eigenvalue weighted by atomic mass is 10.1. The largest absolute Gasteiger partial charge is 0.466 e. The molecule has 0 atom stereocenters. The van der Waals surface area contributed by atoms with E-state index in [0.717, 1.165) is 17.3 Å². The molecule has 0 amide bonds. The second-order valence-corrected chi connectivity index (χ2v) is 4.49. The summed E-state index contributed by atoms with van der Waals surface area (Å²) in [4.78, 5) is 27.3. The molecule has 118 valence electrons. The maximum Gasteiger partial charge on any atom is 0.354 e. The molecule has 0 saturated heterocycles. The van der Waals surface area contributed by atoms with E-state index in [9.17, 15) is 9.59 Å². The Labute approximate surface area is 133 Å². The van der Waals surface area contributed by atoms with Crippen molar-refractivity contribution in [3.63, 3.8) is 0 Å². The van der Waals surface area contributed by atoms with Crippen molar-refractivity contribution in [1.29, 1.82) is 0 Å². The van der Waals surface area contributed by atoms with Gasteiger partial charge in [-0.15, -0.1) is 0 Å². The molecular weight excluding hydrogens is 296 g/mol. The van der Waals surface area contributed by atoms with E-state index in [1.807, 2.05) is 30.3 Å². The maximum absolute atomic E-state index is 11.7. The van der Waals surface area contributed by atoms with Crippen LogP contribution >= 0.6 is 0 Å². The summed E-state index contributed by atoms with van der Waals surface area (Å²) in [6.07, 6.45) is 2.76. The molecule has 0 aliphatic carbocycles. The first-order chi connectivity index (χ1) is 11.1. The van der Waals surface area contributed by atoms with E-state index >= 15 is 0 Å². The Kier molecular flexibility index (Phi) is 5.46. The van der Waals surface area contributed by atoms with Crippen molar-refractivity contribution < 1.29 is 19.1 Å². The molecule has 2 rings (SSSR count). The maximum atomic E-state index is 11.7. The van der Waals surface area contributed by atoms with Gasteiger partial charge in [0.25, 0.3) is 0 Å². The SMILES string of the molecule is COC(=O)/C=C(/Nc1ccc(-c2ccccn2)cc1)C(=O)OC. The third kappa shape index (κ3) is 4.41. The third-order valence-corrected chi connectivity index (χ3v) is 2.99. The molecule has 0 aliphatic heterocycles. The summed E-state index contributed by atoms with van der Waals surface area (Å²) in [5.74, 6) is -1.31. The van der Waals surface area contributed by atoms with Crippen LogP contribution < -0.4 is 5.32 Å². The van der Waals surface area contributed by atoms with Crippen LogP contribution in [0.5, 0.6) is 0 Å². The fourth-order valence-corrected chi connectivity index (χ4v) is 1.85. The molecule has 0 bridgehead atoms. The summed E-state index contributed by atoms with van der Waals surface area (Å²) in [5.41, 5.74) is 2.40. The van der Waals surface area contributed by atoms with E-state index in [2.05, 4.69) is 19.8 Å². The lowest BCUT2D eigenvalue weighted by Crippen LogP contribution is -2.15. The Morgan fingerprint density at radius 2 is 1.78 bits per heavy atom. The zero-order valence-corrected chi connectivity index (χ0v) is 12.8. The quantitative estimate of drug-likeness (QED) is 0.675. The number of carbonyl (C=O) groups is 2. The first-order valence-electron chi connectivity index (χ1n) is 6.80. The highest BCUT2D eigenvalue weighted by Gasteiger charge is 2.12. The molecule has 0 aliphatic rings. The minimum absolute atomic E-state index is 0.00932. The van der Waals surface area contributed by atoms with Gasteiger partial charge >= 0.3 is 11.9 Å². The Balaban J connectivity index is 2.19. The van der Waals surface area contributed by atoms with Crippen LogP contribution in [0.1, 0.15) is 0 Å². The molecule has 0 spiro atoms. The summed E-state index contributed by atoms with van der Waals surface area (Å²) in [5, 5.41) is 2.84. The zero-order valence-electron chi connectivity index (χ0n) is 12.8. The molecule has 6 nitrogen and oxygen atoms in total. The number of nitrogens with zero attached hydrogens (tertiary/aromatic N) is 1. The second-order valence-electron chi connectivity index (χ2n) is 4.49. The summed E-state index contributed by atoms with van der Waals surface area (Å²) in [7, 11) is 2.47. The smallest absolute Gasteiger partial charge is 0.354 e. The van der Waals surface area contributed by atoms with Crippen LogP contribution in [0.15, 0.2) is 60.4 Å². The number of anilines is 1. The summed E-state index contributed by atoms with van der Waals surface area (Å²) >= 11 is 0. The van der Waals surface area contributed by atoms with Crippen molar-refractivity contribution in [2.45, 2.75) is 0 Å². The van der Waals surface area contributed by atoms with Gasteiger partial charge in [-0.3, -0.25) is 4.98 Å². The molecule has 23 heavy (non-hydrogen) atoms. The number of benzene rings is 1. The predicted molar refractivity (Wildman–Crippen MR) is 85.4 cm³/mol. The highest BCUT2D eigenvalue weighted by Crippen LogP contribution is 2.20. The first-order valence-corrected chi connectivity index (χ1v) is 6.80. The van der Waals surface area contributed by atoms with Gasteiger partial charge in [0.05, 0.1) is 26.0 Å². The Morgan fingerprint density at radius 3 is 2.35 bits per heavy atom. The minimum Gasteiger partial charge on any atom is -0.466 e. The predicted octanol–water partition coefficient (Wildman–Crippen LogP) is 2.39. The standard InChI is InChI=1S/C17H16N2O4/c1-22-16(20)11-15(17(21)23-2)19-13-8-6-12(7-9-13)14-5-3-4-10-18-14/h3-11,19H,1-2H3/b15-11+. The molecule has 0 radical (unpaired) electrons. The lowest BCUT2D eigenvalue weighted by molar-refractivity contribution is -0.138. The van der Waals surface area contributed by atoms with Gasteiger partial charge in [0.15, 0.2) is 0 Å². The fourth-order valence-electron chi connectivity index (χ4n) is 1.85. The molecule has 0 saturated carbocycles. The summed E-state index contributed by atoms with van der Waals surface area (Å²) in [6, 6.07) is 12.9. The molecule has 0 fully saturated rings. The van der Waals surface area contributed by atoms with E-state index in [1.165, 1.54) is 14.2 Å². The van der Waals surface area contributed by atoms with Crippen LogP contribution in [-0.4, -0.2) is 31.1 Å². The average molecular weight is 312 g/mol. The van der Waals surface area contributed by atoms with E-state index in [1.54, 1.807) is 18.3 Å². The van der Waals surface area contributed by atoms with Crippen molar-refractivity contribution in [1.82, 2.24) is 4.98 Å². The van der Waals surface area contributed by atoms with E-state index < -0.39 is 11.9 Å². The summed E-state index contributed by atoms with van der Waals surface area (Å²) in [6.45, 7) is 0. The van der Waals surface area contributed by atoms with Gasteiger partial charge in [0.1, 0.15) is 5.70 Å². The topological polar surface area (TPSA) is 77.5 Å². The van der Waals surface area contributed by atoms with Crippen LogP contribution in [0.2, 0.25) is 0 Å². The number of methoxy groups -OCH3 is 2. The molecule has 2 aromatic rings. The Hall–Kier alpha value is -3.15. The van der Waals surface area contributed by atoms with Crippen LogP contribution in [0, 0.1) is 0 Å².